The second-order valence-electron chi connectivity index (χ2n) is 15.5. The van der Waals surface area contributed by atoms with Crippen LogP contribution < -0.4 is 0 Å². The molecule has 0 aliphatic heterocycles. The highest BCUT2D eigenvalue weighted by molar-refractivity contribution is 6.27. The number of benzene rings is 8. The lowest BCUT2D eigenvalue weighted by atomic mass is 9.93. The molecule has 1 aliphatic rings. The van der Waals surface area contributed by atoms with Crippen molar-refractivity contribution in [2.24, 2.45) is 0 Å². The molecule has 5 heteroatoms. The maximum Gasteiger partial charge on any atom is 0.163 e. The van der Waals surface area contributed by atoms with Crippen LogP contribution in [-0.2, 0) is 0 Å². The summed E-state index contributed by atoms with van der Waals surface area (Å²) in [4.78, 5) is 15.5. The number of rotatable bonds is 6. The molecule has 282 valence electrons. The highest BCUT2D eigenvalue weighted by atomic mass is 15.1. The summed E-state index contributed by atoms with van der Waals surface area (Å²) < 4.78 is 4.94. The van der Waals surface area contributed by atoms with Gasteiger partial charge in [-0.05, 0) is 58.3 Å². The molecule has 12 rings (SSSR count). The zero-order valence-corrected chi connectivity index (χ0v) is 32.6. The zero-order valence-electron chi connectivity index (χ0n) is 32.6. The quantitative estimate of drug-likeness (QED) is 0.169. The minimum absolute atomic E-state index is 0.128. The molecule has 2 unspecified atom stereocenters. The fraction of sp³-hybridized carbons (Fsp3) is 0.0364. The molecule has 0 N–H and O–H groups in total. The fourth-order valence-corrected chi connectivity index (χ4v) is 9.56. The van der Waals surface area contributed by atoms with E-state index < -0.39 is 0 Å². The van der Waals surface area contributed by atoms with Gasteiger partial charge in [0.2, 0.25) is 0 Å². The number of fused-ring (bicyclic) bond motifs is 8. The number of allylic oxidation sites excluding steroid dienone is 4. The first-order valence-corrected chi connectivity index (χ1v) is 20.5. The van der Waals surface area contributed by atoms with Crippen LogP contribution in [0.15, 0.2) is 212 Å². The van der Waals surface area contributed by atoms with Gasteiger partial charge < -0.3 is 9.13 Å². The molecule has 11 aromatic rings. The molecule has 0 saturated heterocycles. The van der Waals surface area contributed by atoms with Gasteiger partial charge in [-0.1, -0.05) is 176 Å². The summed E-state index contributed by atoms with van der Waals surface area (Å²) in [5.74, 6) is 1.89. The Kier molecular flexibility index (Phi) is 7.91. The Morgan fingerprint density at radius 1 is 0.383 bits per heavy atom. The molecule has 0 radical (unpaired) electrons. The summed E-state index contributed by atoms with van der Waals surface area (Å²) in [7, 11) is 0. The predicted molar refractivity (Wildman–Crippen MR) is 247 cm³/mol. The molecule has 0 amide bonds. The Bertz CT molecular complexity index is 3430. The van der Waals surface area contributed by atoms with Gasteiger partial charge in [0.15, 0.2) is 11.6 Å². The maximum atomic E-state index is 5.26. The van der Waals surface area contributed by atoms with E-state index in [-0.39, 0.29) is 12.0 Å². The Labute approximate surface area is 346 Å². The van der Waals surface area contributed by atoms with Crippen molar-refractivity contribution in [3.63, 3.8) is 0 Å². The smallest absolute Gasteiger partial charge is 0.163 e. The second kappa shape index (κ2) is 13.9. The van der Waals surface area contributed by atoms with Gasteiger partial charge >= 0.3 is 0 Å². The predicted octanol–water partition coefficient (Wildman–Crippen LogP) is 13.7. The van der Waals surface area contributed by atoms with E-state index in [1.807, 2.05) is 36.4 Å². The third kappa shape index (κ3) is 5.36. The van der Waals surface area contributed by atoms with Crippen molar-refractivity contribution in [3.8, 4) is 39.6 Å². The maximum absolute atomic E-state index is 5.26. The van der Waals surface area contributed by atoms with Crippen LogP contribution in [0.25, 0.3) is 94.0 Å². The van der Waals surface area contributed by atoms with E-state index in [2.05, 4.69) is 185 Å². The minimum atomic E-state index is -0.177. The third-order valence-corrected chi connectivity index (χ3v) is 12.1. The molecule has 60 heavy (non-hydrogen) atoms. The number of para-hydroxylation sites is 2. The molecule has 0 spiro atoms. The largest absolute Gasteiger partial charge is 0.332 e. The van der Waals surface area contributed by atoms with E-state index in [0.717, 1.165) is 22.6 Å². The molecular formula is C55H37N5. The molecule has 2 atom stereocenters. The number of hydrogen-bond acceptors (Lipinski definition) is 3. The van der Waals surface area contributed by atoms with Crippen LogP contribution in [0.3, 0.4) is 0 Å². The lowest BCUT2D eigenvalue weighted by Gasteiger charge is -2.27. The van der Waals surface area contributed by atoms with Crippen molar-refractivity contribution in [2.45, 2.75) is 12.0 Å². The van der Waals surface area contributed by atoms with Crippen LogP contribution in [0.2, 0.25) is 0 Å². The van der Waals surface area contributed by atoms with Gasteiger partial charge in [0, 0.05) is 38.4 Å². The van der Waals surface area contributed by atoms with Crippen LogP contribution in [0.4, 0.5) is 0 Å². The first-order valence-electron chi connectivity index (χ1n) is 20.5. The van der Waals surface area contributed by atoms with E-state index in [0.29, 0.717) is 11.6 Å². The number of hydrogen-bond donors (Lipinski definition) is 0. The summed E-state index contributed by atoms with van der Waals surface area (Å²) in [6.45, 7) is 0. The molecule has 3 heterocycles. The normalized spacial score (nSPS) is 15.2. The average molecular weight is 768 g/mol. The van der Waals surface area contributed by atoms with Gasteiger partial charge in [0.05, 0.1) is 34.0 Å². The number of nitrogens with zero attached hydrogens (tertiary/aromatic N) is 5. The fourth-order valence-electron chi connectivity index (χ4n) is 9.56. The molecule has 1 aliphatic carbocycles. The Morgan fingerprint density at radius 3 is 1.68 bits per heavy atom. The van der Waals surface area contributed by atoms with Crippen molar-refractivity contribution in [1.82, 2.24) is 24.1 Å². The van der Waals surface area contributed by atoms with Crippen molar-refractivity contribution in [1.29, 1.82) is 0 Å². The van der Waals surface area contributed by atoms with Gasteiger partial charge in [-0.2, -0.15) is 0 Å². The van der Waals surface area contributed by atoms with Crippen LogP contribution in [0.1, 0.15) is 17.8 Å². The third-order valence-electron chi connectivity index (χ3n) is 12.1. The average Bonchev–Trinajstić information content (AvgIpc) is 3.86. The molecule has 0 bridgehead atoms. The standard InChI is InChI=1S/C55H37N5/c1-4-19-37(20-5-1)53-56-54(38-21-6-2-7-22-38)58-55(57-53)44-27-13-15-31-46(44)60-48-33-17-29-42(52(48)51-40-25-11-10-18-36(40)34-35-49(51)60)41-28-16-32-47-50(41)43-26-12-14-30-45(43)59(47)39-23-8-3-9-24-39/h1-35,44,46H. The number of aromatic nitrogens is 5. The molecule has 0 saturated carbocycles. The molecular weight excluding hydrogens is 731 g/mol. The van der Waals surface area contributed by atoms with Crippen molar-refractivity contribution >= 4 is 54.4 Å². The van der Waals surface area contributed by atoms with Gasteiger partial charge in [-0.15, -0.1) is 0 Å². The van der Waals surface area contributed by atoms with Crippen LogP contribution >= 0.6 is 0 Å². The topological polar surface area (TPSA) is 48.5 Å². The summed E-state index contributed by atoms with van der Waals surface area (Å²) >= 11 is 0. The van der Waals surface area contributed by atoms with E-state index in [4.69, 9.17) is 15.0 Å². The lowest BCUT2D eigenvalue weighted by Crippen LogP contribution is -2.19. The first-order chi connectivity index (χ1) is 29.8. The highest BCUT2D eigenvalue weighted by Gasteiger charge is 2.30. The Balaban J connectivity index is 1.13. The van der Waals surface area contributed by atoms with Crippen LogP contribution in [0.5, 0.6) is 0 Å². The van der Waals surface area contributed by atoms with Crippen molar-refractivity contribution in [3.05, 3.63) is 218 Å². The summed E-state index contributed by atoms with van der Waals surface area (Å²) in [6.07, 6.45) is 8.87. The first kappa shape index (κ1) is 34.2. The van der Waals surface area contributed by atoms with Gasteiger partial charge in [-0.25, -0.2) is 15.0 Å². The molecule has 8 aromatic carbocycles. The molecule has 0 fully saturated rings. The zero-order chi connectivity index (χ0) is 39.6. The van der Waals surface area contributed by atoms with E-state index in [9.17, 15) is 0 Å². The second-order valence-corrected chi connectivity index (χ2v) is 15.5. The highest BCUT2D eigenvalue weighted by Crippen LogP contribution is 2.47. The summed E-state index contributed by atoms with van der Waals surface area (Å²) in [5, 5.41) is 7.41. The molecule has 5 nitrogen and oxygen atoms in total. The van der Waals surface area contributed by atoms with Crippen LogP contribution in [-0.4, -0.2) is 24.1 Å². The van der Waals surface area contributed by atoms with Crippen LogP contribution in [0, 0.1) is 0 Å². The lowest BCUT2D eigenvalue weighted by molar-refractivity contribution is 0.552. The minimum Gasteiger partial charge on any atom is -0.332 e. The Morgan fingerprint density at radius 2 is 0.950 bits per heavy atom. The van der Waals surface area contributed by atoms with Crippen molar-refractivity contribution in [2.75, 3.05) is 0 Å². The van der Waals surface area contributed by atoms with Gasteiger partial charge in [-0.3, -0.25) is 0 Å². The van der Waals surface area contributed by atoms with Gasteiger partial charge in [0.1, 0.15) is 5.82 Å². The van der Waals surface area contributed by atoms with E-state index in [1.54, 1.807) is 0 Å². The Hall–Kier alpha value is -7.89. The summed E-state index contributed by atoms with van der Waals surface area (Å²) in [6, 6.07) is 66.8. The monoisotopic (exact) mass is 767 g/mol. The van der Waals surface area contributed by atoms with E-state index in [1.165, 1.54) is 65.5 Å². The van der Waals surface area contributed by atoms with Gasteiger partial charge in [0.25, 0.3) is 0 Å². The summed E-state index contributed by atoms with van der Waals surface area (Å²) in [5.41, 5.74) is 10.2. The van der Waals surface area contributed by atoms with Crippen molar-refractivity contribution < 1.29 is 0 Å². The molecule has 3 aromatic heterocycles. The van der Waals surface area contributed by atoms with E-state index >= 15 is 0 Å². The SMILES string of the molecule is C1=CC(c2nc(-c3ccccc3)nc(-c3ccccc3)n2)C(n2c3cccc(-c4cccc5c4c4ccccc4n5-c4ccccc4)c3c3c4ccccc4ccc32)C=C1.